The van der Waals surface area contributed by atoms with Crippen molar-refractivity contribution in [1.82, 2.24) is 20.4 Å². The van der Waals surface area contributed by atoms with Crippen molar-refractivity contribution in [2.75, 3.05) is 59.2 Å². The van der Waals surface area contributed by atoms with Gasteiger partial charge in [0.1, 0.15) is 11.5 Å². The highest BCUT2D eigenvalue weighted by Crippen LogP contribution is 2.39. The Kier molecular flexibility index (Phi) is 8.83. The minimum Gasteiger partial charge on any atom is -0.457 e. The number of piperazine rings is 2. The second-order valence-corrected chi connectivity index (χ2v) is 9.12. The normalized spacial score (nSPS) is 18.1. The van der Waals surface area contributed by atoms with Crippen LogP contribution >= 0.6 is 0 Å². The molecular weight excluding hydrogens is 502 g/mol. The Bertz CT molecular complexity index is 953. The van der Waals surface area contributed by atoms with Crippen LogP contribution in [0.5, 0.6) is 11.5 Å². The molecule has 2 N–H and O–H groups in total. The Morgan fingerprint density at radius 3 is 1.35 bits per heavy atom. The van der Waals surface area contributed by atoms with Crippen LogP contribution in [0.2, 0.25) is 0 Å². The minimum absolute atomic E-state index is 0.358. The molecule has 2 aliphatic rings. The molecule has 2 saturated heterocycles. The van der Waals surface area contributed by atoms with Crippen molar-refractivity contribution in [2.45, 2.75) is 25.4 Å². The molecule has 2 aromatic rings. The number of halogens is 6. The highest BCUT2D eigenvalue weighted by molar-refractivity contribution is 5.41. The second-order valence-electron chi connectivity index (χ2n) is 9.12. The third-order valence-corrected chi connectivity index (χ3v) is 6.36. The van der Waals surface area contributed by atoms with E-state index in [0.29, 0.717) is 24.2 Å². The van der Waals surface area contributed by atoms with Gasteiger partial charge in [0.05, 0.1) is 11.1 Å². The monoisotopic (exact) mass is 532 g/mol. The van der Waals surface area contributed by atoms with Gasteiger partial charge in [-0.1, -0.05) is 12.1 Å². The van der Waals surface area contributed by atoms with E-state index in [0.717, 1.165) is 64.5 Å². The van der Waals surface area contributed by atoms with E-state index >= 15 is 0 Å². The number of nitrogens with zero attached hydrogens (tertiary/aromatic N) is 2. The van der Waals surface area contributed by atoms with Crippen LogP contribution in [-0.2, 0) is 25.4 Å². The number of benzene rings is 2. The van der Waals surface area contributed by atoms with Gasteiger partial charge in [0.2, 0.25) is 6.79 Å². The summed E-state index contributed by atoms with van der Waals surface area (Å²) in [7, 11) is 0. The molecule has 2 fully saturated rings. The van der Waals surface area contributed by atoms with Crippen molar-refractivity contribution in [3.8, 4) is 11.5 Å². The zero-order valence-corrected chi connectivity index (χ0v) is 20.2. The number of nitrogens with one attached hydrogen (secondary N) is 2. The molecule has 0 radical (unpaired) electrons. The fourth-order valence-corrected chi connectivity index (χ4v) is 4.46. The van der Waals surface area contributed by atoms with Crippen molar-refractivity contribution >= 4 is 0 Å². The Morgan fingerprint density at radius 2 is 1.00 bits per heavy atom. The molecule has 0 amide bonds. The van der Waals surface area contributed by atoms with Crippen LogP contribution in [-0.4, -0.2) is 69.0 Å². The Labute approximate surface area is 211 Å². The first-order valence-electron chi connectivity index (χ1n) is 12.1. The first-order valence-corrected chi connectivity index (χ1v) is 12.1. The van der Waals surface area contributed by atoms with E-state index in [9.17, 15) is 26.3 Å². The van der Waals surface area contributed by atoms with E-state index in [1.165, 1.54) is 24.3 Å². The maximum Gasteiger partial charge on any atom is 0.419 e. The third kappa shape index (κ3) is 7.73. The summed E-state index contributed by atoms with van der Waals surface area (Å²) in [5.41, 5.74) is -1.04. The molecule has 204 valence electrons. The van der Waals surface area contributed by atoms with E-state index in [2.05, 4.69) is 10.6 Å². The molecule has 0 atom stereocenters. The smallest absolute Gasteiger partial charge is 0.419 e. The highest BCUT2D eigenvalue weighted by atomic mass is 19.4. The van der Waals surface area contributed by atoms with Crippen LogP contribution < -0.4 is 20.1 Å². The van der Waals surface area contributed by atoms with Gasteiger partial charge >= 0.3 is 12.4 Å². The summed E-state index contributed by atoms with van der Waals surface area (Å²) in [5.74, 6) is -0.999. The van der Waals surface area contributed by atoms with Crippen molar-refractivity contribution in [2.24, 2.45) is 0 Å². The lowest BCUT2D eigenvalue weighted by atomic mass is 10.1. The largest absolute Gasteiger partial charge is 0.457 e. The summed E-state index contributed by atoms with van der Waals surface area (Å²) in [4.78, 5) is 4.08. The highest BCUT2D eigenvalue weighted by Gasteiger charge is 2.36. The molecular formula is C25H30F6N4O2. The lowest BCUT2D eigenvalue weighted by Crippen LogP contribution is -2.42. The first kappa shape index (κ1) is 27.5. The molecule has 37 heavy (non-hydrogen) atoms. The van der Waals surface area contributed by atoms with E-state index in [-0.39, 0.29) is 0 Å². The molecule has 0 aliphatic carbocycles. The molecule has 0 unspecified atom stereocenters. The Morgan fingerprint density at radius 1 is 0.622 bits per heavy atom. The van der Waals surface area contributed by atoms with Crippen molar-refractivity contribution in [3.05, 3.63) is 58.7 Å². The zero-order chi connectivity index (χ0) is 26.5. The van der Waals surface area contributed by atoms with Gasteiger partial charge in [0.15, 0.2) is 0 Å². The molecule has 12 heteroatoms. The standard InChI is InChI=1S/C25H30F6N4O2/c26-24(27,28)20-13-18(15-34-9-5-32-6-10-34)1-3-22(20)36-17-37-23-4-2-19(14-21(23)25(29,30)31)16-35-11-7-33-8-12-35/h1-4,13-14,32-33H,5-12,15-17H2. The summed E-state index contributed by atoms with van der Waals surface area (Å²) in [5, 5.41) is 6.37. The van der Waals surface area contributed by atoms with Crippen molar-refractivity contribution in [1.29, 1.82) is 0 Å². The molecule has 0 spiro atoms. The summed E-state index contributed by atoms with van der Waals surface area (Å²) >= 11 is 0. The zero-order valence-electron chi connectivity index (χ0n) is 20.2. The summed E-state index contributed by atoms with van der Waals surface area (Å²) in [6, 6.07) is 7.46. The molecule has 6 nitrogen and oxygen atoms in total. The number of ether oxygens (including phenoxy) is 2. The van der Waals surface area contributed by atoms with Crippen LogP contribution in [0.4, 0.5) is 26.3 Å². The predicted octanol–water partition coefficient (Wildman–Crippen LogP) is 3.95. The fraction of sp³-hybridized carbons (Fsp3) is 0.520. The van der Waals surface area contributed by atoms with Gasteiger partial charge in [-0.15, -0.1) is 0 Å². The van der Waals surface area contributed by atoms with Crippen LogP contribution in [0, 0.1) is 0 Å². The van der Waals surface area contributed by atoms with Crippen molar-refractivity contribution < 1.29 is 35.8 Å². The number of rotatable bonds is 8. The molecule has 0 bridgehead atoms. The Balaban J connectivity index is 1.44. The van der Waals surface area contributed by atoms with E-state index in [1.807, 2.05) is 9.80 Å². The van der Waals surface area contributed by atoms with Crippen LogP contribution in [0.3, 0.4) is 0 Å². The van der Waals surface area contributed by atoms with Gasteiger partial charge in [-0.25, -0.2) is 0 Å². The molecule has 4 rings (SSSR count). The lowest BCUT2D eigenvalue weighted by molar-refractivity contribution is -0.139. The van der Waals surface area contributed by atoms with Gasteiger partial charge < -0.3 is 20.1 Å². The maximum atomic E-state index is 13.7. The van der Waals surface area contributed by atoms with Gasteiger partial charge in [0, 0.05) is 65.4 Å². The Hall–Kier alpha value is -2.54. The fourth-order valence-electron chi connectivity index (χ4n) is 4.46. The average molecular weight is 533 g/mol. The van der Waals surface area contributed by atoms with Crippen molar-refractivity contribution in [3.63, 3.8) is 0 Å². The SMILES string of the molecule is FC(F)(F)c1cc(CN2CCNCC2)ccc1OCOc1ccc(CN2CCNCC2)cc1C(F)(F)F. The summed E-state index contributed by atoms with van der Waals surface area (Å²) in [6.45, 7) is 5.87. The summed E-state index contributed by atoms with van der Waals surface area (Å²) in [6.07, 6.45) is -9.39. The minimum atomic E-state index is -4.70. The van der Waals surface area contributed by atoms with Gasteiger partial charge in [-0.3, -0.25) is 9.80 Å². The molecule has 2 aromatic carbocycles. The van der Waals surface area contributed by atoms with Gasteiger partial charge in [-0.2, -0.15) is 26.3 Å². The third-order valence-electron chi connectivity index (χ3n) is 6.36. The molecule has 0 saturated carbocycles. The topological polar surface area (TPSA) is 49.0 Å². The lowest BCUT2D eigenvalue weighted by Gasteiger charge is -2.27. The van der Waals surface area contributed by atoms with E-state index < -0.39 is 41.8 Å². The molecule has 0 aromatic heterocycles. The molecule has 2 aliphatic heterocycles. The maximum absolute atomic E-state index is 13.7. The average Bonchev–Trinajstić information content (AvgIpc) is 2.85. The van der Waals surface area contributed by atoms with Crippen LogP contribution in [0.1, 0.15) is 22.3 Å². The van der Waals surface area contributed by atoms with E-state index in [4.69, 9.17) is 9.47 Å². The van der Waals surface area contributed by atoms with E-state index in [1.54, 1.807) is 0 Å². The first-order chi connectivity index (χ1) is 17.6. The summed E-state index contributed by atoms with van der Waals surface area (Å²) < 4.78 is 92.6. The number of hydrogen-bond donors (Lipinski definition) is 2. The predicted molar refractivity (Wildman–Crippen MR) is 125 cm³/mol. The quantitative estimate of drug-likeness (QED) is 0.397. The van der Waals surface area contributed by atoms with Crippen LogP contribution in [0.15, 0.2) is 36.4 Å². The van der Waals surface area contributed by atoms with Gasteiger partial charge in [-0.05, 0) is 35.4 Å². The number of hydrogen-bond acceptors (Lipinski definition) is 6. The second kappa shape index (κ2) is 11.9. The molecule has 2 heterocycles. The van der Waals surface area contributed by atoms with Gasteiger partial charge in [0.25, 0.3) is 0 Å². The number of alkyl halides is 6. The van der Waals surface area contributed by atoms with Crippen LogP contribution in [0.25, 0.3) is 0 Å².